The Labute approximate surface area is 105 Å². The average molecular weight is 256 g/mol. The molecule has 2 N–H and O–H groups in total. The number of rotatable bonds is 4. The zero-order valence-corrected chi connectivity index (χ0v) is 10.2. The van der Waals surface area contributed by atoms with Gasteiger partial charge in [-0.15, -0.1) is 0 Å². The maximum atomic E-state index is 10.4. The Bertz CT molecular complexity index is 358. The maximum Gasteiger partial charge on any atom is 0.304 e. The summed E-state index contributed by atoms with van der Waals surface area (Å²) in [6.07, 6.45) is -1.06. The van der Waals surface area contributed by atoms with E-state index in [2.05, 4.69) is 4.74 Å². The van der Waals surface area contributed by atoms with Crippen molar-refractivity contribution in [2.75, 3.05) is 6.79 Å². The van der Waals surface area contributed by atoms with Gasteiger partial charge in [-0.05, 0) is 0 Å². The van der Waals surface area contributed by atoms with Crippen molar-refractivity contribution in [1.82, 2.24) is 0 Å². The van der Waals surface area contributed by atoms with Crippen LogP contribution in [0.5, 0.6) is 0 Å². The van der Waals surface area contributed by atoms with Gasteiger partial charge in [0, 0.05) is 19.4 Å². The Morgan fingerprint density at radius 1 is 1.22 bits per heavy atom. The summed E-state index contributed by atoms with van der Waals surface area (Å²) in [6.45, 7) is 2.11. The van der Waals surface area contributed by atoms with Gasteiger partial charge in [0.25, 0.3) is 5.97 Å². The fraction of sp³-hybridized carbons (Fsp3) is 0.333. The van der Waals surface area contributed by atoms with E-state index in [0.29, 0.717) is 5.56 Å². The number of hydrogen-bond acceptors (Lipinski definition) is 5. The van der Waals surface area contributed by atoms with E-state index >= 15 is 0 Å². The van der Waals surface area contributed by atoms with Crippen molar-refractivity contribution < 1.29 is 29.3 Å². The van der Waals surface area contributed by atoms with Crippen LogP contribution >= 0.6 is 0 Å². The van der Waals surface area contributed by atoms with Crippen LogP contribution in [0.25, 0.3) is 0 Å². The second-order valence-electron chi connectivity index (χ2n) is 3.20. The van der Waals surface area contributed by atoms with Gasteiger partial charge in [-0.25, -0.2) is 0 Å². The van der Waals surface area contributed by atoms with Gasteiger partial charge < -0.3 is 19.7 Å². The molecular weight excluding hydrogens is 240 g/mol. The SMILES string of the molecule is CC(=O)O.CC(=O)OCOC(O)c1ccccc1. The van der Waals surface area contributed by atoms with E-state index in [0.717, 1.165) is 6.92 Å². The monoisotopic (exact) mass is 256 g/mol. The molecular formula is C12H16O6. The molecule has 1 aromatic carbocycles. The predicted molar refractivity (Wildman–Crippen MR) is 62.4 cm³/mol. The molecule has 0 bridgehead atoms. The third-order valence-electron chi connectivity index (χ3n) is 1.57. The summed E-state index contributed by atoms with van der Waals surface area (Å²) in [7, 11) is 0. The Morgan fingerprint density at radius 2 is 1.72 bits per heavy atom. The summed E-state index contributed by atoms with van der Waals surface area (Å²) in [6, 6.07) is 8.85. The molecule has 0 aliphatic heterocycles. The van der Waals surface area contributed by atoms with Gasteiger partial charge in [0.1, 0.15) is 0 Å². The average Bonchev–Trinajstić information content (AvgIpc) is 2.29. The van der Waals surface area contributed by atoms with E-state index in [9.17, 15) is 9.90 Å². The molecule has 0 radical (unpaired) electrons. The topological polar surface area (TPSA) is 93.1 Å². The highest BCUT2D eigenvalue weighted by atomic mass is 16.7. The number of esters is 1. The second kappa shape index (κ2) is 9.15. The molecule has 0 spiro atoms. The minimum absolute atomic E-state index is 0.245. The highest BCUT2D eigenvalue weighted by Crippen LogP contribution is 2.12. The molecule has 0 aliphatic rings. The van der Waals surface area contributed by atoms with Crippen molar-refractivity contribution in [1.29, 1.82) is 0 Å². The van der Waals surface area contributed by atoms with Gasteiger partial charge in [-0.2, -0.15) is 0 Å². The number of carbonyl (C=O) groups is 2. The maximum absolute atomic E-state index is 10.4. The fourth-order valence-electron chi connectivity index (χ4n) is 0.895. The van der Waals surface area contributed by atoms with E-state index in [4.69, 9.17) is 14.6 Å². The molecule has 0 saturated heterocycles. The van der Waals surface area contributed by atoms with E-state index in [1.165, 1.54) is 6.92 Å². The number of benzene rings is 1. The Morgan fingerprint density at radius 3 is 2.17 bits per heavy atom. The zero-order chi connectivity index (χ0) is 14.0. The third-order valence-corrected chi connectivity index (χ3v) is 1.57. The Kier molecular flexibility index (Phi) is 8.17. The molecule has 1 atom stereocenters. The van der Waals surface area contributed by atoms with Gasteiger partial charge in [0.15, 0.2) is 13.1 Å². The van der Waals surface area contributed by atoms with Crippen molar-refractivity contribution in [3.05, 3.63) is 35.9 Å². The second-order valence-corrected chi connectivity index (χ2v) is 3.20. The molecule has 6 nitrogen and oxygen atoms in total. The lowest BCUT2D eigenvalue weighted by atomic mass is 10.2. The number of carbonyl (C=O) groups excluding carboxylic acids is 1. The van der Waals surface area contributed by atoms with E-state index in [-0.39, 0.29) is 6.79 Å². The van der Waals surface area contributed by atoms with Crippen molar-refractivity contribution in [2.45, 2.75) is 20.1 Å². The van der Waals surface area contributed by atoms with Crippen LogP contribution in [0.3, 0.4) is 0 Å². The van der Waals surface area contributed by atoms with Crippen molar-refractivity contribution in [3.8, 4) is 0 Å². The van der Waals surface area contributed by atoms with E-state index < -0.39 is 18.2 Å². The smallest absolute Gasteiger partial charge is 0.304 e. The first-order valence-electron chi connectivity index (χ1n) is 5.11. The van der Waals surface area contributed by atoms with Crippen LogP contribution in [0.15, 0.2) is 30.3 Å². The van der Waals surface area contributed by atoms with Gasteiger partial charge in [0.05, 0.1) is 0 Å². The van der Waals surface area contributed by atoms with Crippen LogP contribution in [-0.2, 0) is 19.1 Å². The van der Waals surface area contributed by atoms with E-state index in [1.54, 1.807) is 24.3 Å². The van der Waals surface area contributed by atoms with Crippen LogP contribution in [0.1, 0.15) is 25.7 Å². The summed E-state index contributed by atoms with van der Waals surface area (Å²) in [5.74, 6) is -1.27. The largest absolute Gasteiger partial charge is 0.481 e. The van der Waals surface area contributed by atoms with Crippen LogP contribution in [0.4, 0.5) is 0 Å². The number of hydrogen-bond donors (Lipinski definition) is 2. The molecule has 0 aliphatic carbocycles. The number of carboxylic acids is 1. The summed E-state index contributed by atoms with van der Waals surface area (Å²) >= 11 is 0. The quantitative estimate of drug-likeness (QED) is 0.623. The molecule has 1 aromatic rings. The first-order chi connectivity index (χ1) is 8.43. The van der Waals surface area contributed by atoms with Gasteiger partial charge in [-0.3, -0.25) is 9.59 Å². The summed E-state index contributed by atoms with van der Waals surface area (Å²) in [5.41, 5.74) is 0.625. The lowest BCUT2D eigenvalue weighted by Crippen LogP contribution is -2.09. The minimum atomic E-state index is -1.06. The van der Waals surface area contributed by atoms with Crippen molar-refractivity contribution in [2.24, 2.45) is 0 Å². The summed E-state index contributed by atoms with van der Waals surface area (Å²) in [4.78, 5) is 19.4. The van der Waals surface area contributed by atoms with Crippen LogP contribution in [0, 0.1) is 0 Å². The Balaban J connectivity index is 0.000000631. The number of carboxylic acid groups (broad SMARTS) is 1. The molecule has 0 fully saturated rings. The molecule has 1 rings (SSSR count). The highest BCUT2D eigenvalue weighted by molar-refractivity contribution is 5.65. The van der Waals surface area contributed by atoms with Gasteiger partial charge in [0.2, 0.25) is 0 Å². The van der Waals surface area contributed by atoms with Crippen molar-refractivity contribution in [3.63, 3.8) is 0 Å². The van der Waals surface area contributed by atoms with Crippen LogP contribution < -0.4 is 0 Å². The molecule has 18 heavy (non-hydrogen) atoms. The molecule has 0 saturated carbocycles. The highest BCUT2D eigenvalue weighted by Gasteiger charge is 2.06. The van der Waals surface area contributed by atoms with Gasteiger partial charge >= 0.3 is 5.97 Å². The van der Waals surface area contributed by atoms with Crippen molar-refractivity contribution >= 4 is 11.9 Å². The number of aliphatic hydroxyl groups is 1. The van der Waals surface area contributed by atoms with E-state index in [1.807, 2.05) is 6.07 Å². The number of ether oxygens (including phenoxy) is 2. The standard InChI is InChI=1S/C10H12O4.C2H4O2/c1-8(11)13-7-14-10(12)9-5-3-2-4-6-9;1-2(3)4/h2-6,10,12H,7H2,1H3;1H3,(H,3,4). The van der Waals surface area contributed by atoms with Gasteiger partial charge in [-0.1, -0.05) is 30.3 Å². The molecule has 0 amide bonds. The molecule has 100 valence electrons. The predicted octanol–water partition coefficient (Wildman–Crippen LogP) is 1.31. The lowest BCUT2D eigenvalue weighted by Gasteiger charge is -2.11. The number of aliphatic carboxylic acids is 1. The zero-order valence-electron chi connectivity index (χ0n) is 10.2. The van der Waals surface area contributed by atoms with Crippen LogP contribution in [-0.4, -0.2) is 28.9 Å². The lowest BCUT2D eigenvalue weighted by molar-refractivity contribution is -0.184. The van der Waals surface area contributed by atoms with Crippen LogP contribution in [0.2, 0.25) is 0 Å². The fourth-order valence-corrected chi connectivity index (χ4v) is 0.895. The first kappa shape index (κ1) is 16.1. The Hall–Kier alpha value is -1.92. The first-order valence-corrected chi connectivity index (χ1v) is 5.11. The summed E-state index contributed by atoms with van der Waals surface area (Å²) < 4.78 is 9.36. The molecule has 6 heteroatoms. The number of aliphatic hydroxyl groups excluding tert-OH is 1. The molecule has 0 heterocycles. The normalized spacial score (nSPS) is 10.8. The molecule has 0 aromatic heterocycles. The third kappa shape index (κ3) is 9.32. The molecule has 1 unspecified atom stereocenters. The minimum Gasteiger partial charge on any atom is -0.481 e. The summed E-state index contributed by atoms with van der Waals surface area (Å²) in [5, 5.41) is 16.8.